The Morgan fingerprint density at radius 2 is 2.10 bits per heavy atom. The van der Waals surface area contributed by atoms with Crippen LogP contribution in [0.2, 0.25) is 0 Å². The third kappa shape index (κ3) is 4.82. The second kappa shape index (κ2) is 9.57. The third-order valence-electron chi connectivity index (χ3n) is 5.31. The van der Waals surface area contributed by atoms with E-state index < -0.39 is 0 Å². The van der Waals surface area contributed by atoms with Crippen molar-refractivity contribution >= 4 is 27.7 Å². The number of likely N-dealkylation sites (N-methyl/N-ethyl adjacent to an activating group) is 1. The number of hydrogen-bond donors (Lipinski definition) is 1. The van der Waals surface area contributed by atoms with Crippen LogP contribution in [0, 0.1) is 5.92 Å². The van der Waals surface area contributed by atoms with Crippen LogP contribution in [0.15, 0.2) is 47.1 Å². The molecule has 2 aromatic rings. The minimum absolute atomic E-state index is 0.0902. The van der Waals surface area contributed by atoms with Gasteiger partial charge in [-0.15, -0.1) is 0 Å². The molecule has 2 amide bonds. The number of aliphatic hydroxyl groups is 1. The minimum Gasteiger partial charge on any atom is -0.472 e. The van der Waals surface area contributed by atoms with Crippen LogP contribution in [-0.4, -0.2) is 70.6 Å². The lowest BCUT2D eigenvalue weighted by molar-refractivity contribution is 0.0313. The molecular weight excluding hydrogens is 450 g/mol. The Balaban J connectivity index is 1.90. The number of aromatic nitrogens is 1. The summed E-state index contributed by atoms with van der Waals surface area (Å²) in [4.78, 5) is 33.5. The van der Waals surface area contributed by atoms with E-state index in [1.54, 1.807) is 48.2 Å². The third-order valence-corrected chi connectivity index (χ3v) is 5.74. The van der Waals surface area contributed by atoms with E-state index in [0.29, 0.717) is 28.7 Å². The predicted octanol–water partition coefficient (Wildman–Crippen LogP) is 2.84. The number of pyridine rings is 1. The molecule has 1 aromatic heterocycles. The standard InChI is InChI=1S/C22H26BrN3O4/c1-14-11-26(15(2)13-27)22(29)18-9-17(23)10-24-20(18)30-19(14)12-25(3)21(28)16-7-5-4-6-8-16/h4-10,14-15,19,27H,11-13H2,1-3H3/t14-,15-,19+/m1/s1. The van der Waals surface area contributed by atoms with Gasteiger partial charge in [0.25, 0.3) is 11.8 Å². The van der Waals surface area contributed by atoms with E-state index in [-0.39, 0.29) is 42.4 Å². The SMILES string of the molecule is C[C@@H]1CN([C@H](C)CO)C(=O)c2cc(Br)cnc2O[C@H]1CN(C)C(=O)c1ccccc1. The Hall–Kier alpha value is -2.45. The summed E-state index contributed by atoms with van der Waals surface area (Å²) in [6.45, 7) is 4.36. The van der Waals surface area contributed by atoms with Gasteiger partial charge in [0.2, 0.25) is 5.88 Å². The van der Waals surface area contributed by atoms with Gasteiger partial charge in [-0.25, -0.2) is 4.98 Å². The maximum Gasteiger partial charge on any atom is 0.259 e. The summed E-state index contributed by atoms with van der Waals surface area (Å²) in [5.41, 5.74) is 0.935. The van der Waals surface area contributed by atoms with Crippen LogP contribution in [0.5, 0.6) is 5.88 Å². The van der Waals surface area contributed by atoms with Crippen LogP contribution < -0.4 is 4.74 Å². The first kappa shape index (κ1) is 22.2. The molecule has 8 heteroatoms. The molecule has 160 valence electrons. The Kier molecular flexibility index (Phi) is 7.10. The zero-order valence-corrected chi connectivity index (χ0v) is 18.9. The normalized spacial score (nSPS) is 19.9. The maximum atomic E-state index is 13.1. The molecule has 3 atom stereocenters. The van der Waals surface area contributed by atoms with E-state index >= 15 is 0 Å². The molecule has 7 nitrogen and oxygen atoms in total. The lowest BCUT2D eigenvalue weighted by Gasteiger charge is -2.37. The van der Waals surface area contributed by atoms with Crippen molar-refractivity contribution in [1.29, 1.82) is 0 Å². The molecular formula is C22H26BrN3O4. The van der Waals surface area contributed by atoms with Crippen molar-refractivity contribution in [3.8, 4) is 5.88 Å². The monoisotopic (exact) mass is 475 g/mol. The topological polar surface area (TPSA) is 83.0 Å². The van der Waals surface area contributed by atoms with Gasteiger partial charge in [-0.05, 0) is 41.1 Å². The number of amides is 2. The maximum absolute atomic E-state index is 13.1. The molecule has 0 fully saturated rings. The first-order chi connectivity index (χ1) is 14.3. The number of aliphatic hydroxyl groups excluding tert-OH is 1. The van der Waals surface area contributed by atoms with Crippen LogP contribution in [0.1, 0.15) is 34.6 Å². The van der Waals surface area contributed by atoms with Crippen LogP contribution in [0.3, 0.4) is 0 Å². The first-order valence-electron chi connectivity index (χ1n) is 9.86. The lowest BCUT2D eigenvalue weighted by atomic mass is 10.00. The van der Waals surface area contributed by atoms with Crippen LogP contribution in [0.4, 0.5) is 0 Å². The van der Waals surface area contributed by atoms with Crippen molar-refractivity contribution in [2.24, 2.45) is 5.92 Å². The number of nitrogens with zero attached hydrogens (tertiary/aromatic N) is 3. The van der Waals surface area contributed by atoms with Crippen molar-refractivity contribution in [3.63, 3.8) is 0 Å². The van der Waals surface area contributed by atoms with Gasteiger partial charge in [-0.1, -0.05) is 25.1 Å². The molecule has 0 radical (unpaired) electrons. The van der Waals surface area contributed by atoms with Gasteiger partial charge < -0.3 is 19.6 Å². The molecule has 0 aliphatic carbocycles. The number of carbonyl (C=O) groups is 2. The van der Waals surface area contributed by atoms with Crippen molar-refractivity contribution < 1.29 is 19.4 Å². The van der Waals surface area contributed by atoms with E-state index in [2.05, 4.69) is 20.9 Å². The zero-order valence-electron chi connectivity index (χ0n) is 17.3. The van der Waals surface area contributed by atoms with Gasteiger partial charge in [0.05, 0.1) is 19.2 Å². The average molecular weight is 476 g/mol. The van der Waals surface area contributed by atoms with Crippen LogP contribution in [-0.2, 0) is 0 Å². The lowest BCUT2D eigenvalue weighted by Crippen LogP contribution is -2.50. The minimum atomic E-state index is -0.378. The summed E-state index contributed by atoms with van der Waals surface area (Å²) in [5.74, 6) is -0.198. The molecule has 1 aliphatic heterocycles. The predicted molar refractivity (Wildman–Crippen MR) is 117 cm³/mol. The largest absolute Gasteiger partial charge is 0.472 e. The summed E-state index contributed by atoms with van der Waals surface area (Å²) >= 11 is 3.36. The molecule has 0 bridgehead atoms. The molecule has 30 heavy (non-hydrogen) atoms. The summed E-state index contributed by atoms with van der Waals surface area (Å²) in [6, 6.07) is 10.4. The van der Waals surface area contributed by atoms with Crippen molar-refractivity contribution in [1.82, 2.24) is 14.8 Å². The van der Waals surface area contributed by atoms with Crippen molar-refractivity contribution in [3.05, 3.63) is 58.2 Å². The molecule has 1 aromatic carbocycles. The molecule has 1 N–H and O–H groups in total. The van der Waals surface area contributed by atoms with Gasteiger partial charge >= 0.3 is 0 Å². The van der Waals surface area contributed by atoms with E-state index in [4.69, 9.17) is 4.74 Å². The number of carbonyl (C=O) groups excluding carboxylic acids is 2. The molecule has 0 unspecified atom stereocenters. The Morgan fingerprint density at radius 1 is 1.40 bits per heavy atom. The van der Waals surface area contributed by atoms with Gasteiger partial charge in [0, 0.05) is 35.7 Å². The first-order valence-corrected chi connectivity index (χ1v) is 10.7. The Labute approximate surface area is 184 Å². The van der Waals surface area contributed by atoms with Crippen LogP contribution in [0.25, 0.3) is 0 Å². The van der Waals surface area contributed by atoms with E-state index in [9.17, 15) is 14.7 Å². The average Bonchev–Trinajstić information content (AvgIpc) is 2.76. The van der Waals surface area contributed by atoms with E-state index in [1.807, 2.05) is 25.1 Å². The molecule has 0 spiro atoms. The Morgan fingerprint density at radius 3 is 2.77 bits per heavy atom. The number of ether oxygens (including phenoxy) is 1. The molecule has 0 saturated heterocycles. The highest BCUT2D eigenvalue weighted by atomic mass is 79.9. The highest BCUT2D eigenvalue weighted by molar-refractivity contribution is 9.10. The fourth-order valence-corrected chi connectivity index (χ4v) is 3.78. The summed E-state index contributed by atoms with van der Waals surface area (Å²) in [5, 5.41) is 9.66. The fourth-order valence-electron chi connectivity index (χ4n) is 3.45. The smallest absolute Gasteiger partial charge is 0.259 e. The van der Waals surface area contributed by atoms with E-state index in [1.165, 1.54) is 0 Å². The number of hydrogen-bond acceptors (Lipinski definition) is 5. The highest BCUT2D eigenvalue weighted by Gasteiger charge is 2.34. The fraction of sp³-hybridized carbons (Fsp3) is 0.409. The molecule has 3 rings (SSSR count). The highest BCUT2D eigenvalue weighted by Crippen LogP contribution is 2.28. The quantitative estimate of drug-likeness (QED) is 0.718. The van der Waals surface area contributed by atoms with Gasteiger partial charge in [-0.3, -0.25) is 9.59 Å². The molecule has 2 heterocycles. The van der Waals surface area contributed by atoms with Gasteiger partial charge in [-0.2, -0.15) is 0 Å². The molecule has 0 saturated carbocycles. The summed E-state index contributed by atoms with van der Waals surface area (Å²) in [6.07, 6.45) is 1.20. The second-order valence-corrected chi connectivity index (χ2v) is 8.60. The summed E-state index contributed by atoms with van der Waals surface area (Å²) in [7, 11) is 1.74. The number of rotatable bonds is 5. The zero-order chi connectivity index (χ0) is 21.8. The molecule has 1 aliphatic rings. The number of benzene rings is 1. The van der Waals surface area contributed by atoms with E-state index in [0.717, 1.165) is 0 Å². The Bertz CT molecular complexity index is 909. The van der Waals surface area contributed by atoms with Crippen molar-refractivity contribution in [2.75, 3.05) is 26.7 Å². The summed E-state index contributed by atoms with van der Waals surface area (Å²) < 4.78 is 6.82. The van der Waals surface area contributed by atoms with Gasteiger partial charge in [0.1, 0.15) is 11.7 Å². The second-order valence-electron chi connectivity index (χ2n) is 7.68. The van der Waals surface area contributed by atoms with Crippen LogP contribution >= 0.6 is 15.9 Å². The number of halogens is 1. The van der Waals surface area contributed by atoms with Crippen molar-refractivity contribution in [2.45, 2.75) is 26.0 Å². The van der Waals surface area contributed by atoms with Gasteiger partial charge in [0.15, 0.2) is 0 Å². The number of fused-ring (bicyclic) bond motifs is 1.